The molecule has 0 bridgehead atoms. The van der Waals surface area contributed by atoms with Crippen LogP contribution in [-0.2, 0) is 11.3 Å². The van der Waals surface area contributed by atoms with Gasteiger partial charge in [-0.2, -0.15) is 0 Å². The number of aromatic nitrogens is 1. The van der Waals surface area contributed by atoms with E-state index in [9.17, 15) is 18.8 Å². The van der Waals surface area contributed by atoms with Gasteiger partial charge in [0, 0.05) is 5.56 Å². The van der Waals surface area contributed by atoms with E-state index in [1.54, 1.807) is 0 Å². The number of carbonyl (C=O) groups is 2. The first kappa shape index (κ1) is 14.7. The third-order valence-electron chi connectivity index (χ3n) is 3.34. The van der Waals surface area contributed by atoms with Gasteiger partial charge in [-0.25, -0.2) is 9.18 Å². The van der Waals surface area contributed by atoms with E-state index in [4.69, 9.17) is 9.52 Å². The number of aliphatic carboxylic acids is 1. The molecule has 2 aromatic carbocycles. The van der Waals surface area contributed by atoms with E-state index in [-0.39, 0.29) is 22.2 Å². The van der Waals surface area contributed by atoms with Gasteiger partial charge in [-0.15, -0.1) is 0 Å². The molecule has 1 N–H and O–H groups in total. The summed E-state index contributed by atoms with van der Waals surface area (Å²) in [6.45, 7) is -0.549. The Hall–Kier alpha value is -3.22. The van der Waals surface area contributed by atoms with Crippen LogP contribution in [0.25, 0.3) is 11.1 Å². The minimum Gasteiger partial charge on any atom is -0.480 e. The zero-order valence-electron chi connectivity index (χ0n) is 11.7. The lowest BCUT2D eigenvalue weighted by Gasteiger charge is -2.03. The highest BCUT2D eigenvalue weighted by molar-refractivity contribution is 6.10. The molecule has 0 radical (unpaired) electrons. The Kier molecular flexibility index (Phi) is 3.53. The molecule has 0 unspecified atom stereocenters. The largest absolute Gasteiger partial charge is 0.480 e. The number of benzene rings is 2. The molecule has 0 aliphatic carbocycles. The fourth-order valence-corrected chi connectivity index (χ4v) is 2.29. The third-order valence-corrected chi connectivity index (χ3v) is 3.34. The molecule has 3 rings (SSSR count). The minimum atomic E-state index is -1.19. The van der Waals surface area contributed by atoms with E-state index < -0.39 is 29.9 Å². The van der Waals surface area contributed by atoms with Gasteiger partial charge in [-0.1, -0.05) is 12.1 Å². The number of fused-ring (bicyclic) bond motifs is 1. The van der Waals surface area contributed by atoms with Gasteiger partial charge in [0.15, 0.2) is 11.4 Å². The van der Waals surface area contributed by atoms with Gasteiger partial charge in [-0.05, 0) is 30.3 Å². The maximum Gasteiger partial charge on any atom is 0.420 e. The standard InChI is InChI=1S/C16H10FNO5/c17-11-4-2-1-3-10(11)15(21)9-5-6-12-13(7-9)23-16(22)18(12)8-14(19)20/h1-7H,8H2,(H,19,20). The molecular formula is C16H10FNO5. The zero-order chi connectivity index (χ0) is 16.6. The SMILES string of the molecule is O=C(O)Cn1c(=O)oc2cc(C(=O)c3ccccc3F)ccc21. The molecule has 0 saturated heterocycles. The Morgan fingerprint density at radius 1 is 1.17 bits per heavy atom. The number of nitrogens with zero attached hydrogens (tertiary/aromatic N) is 1. The van der Waals surface area contributed by atoms with E-state index in [0.717, 1.165) is 4.57 Å². The normalized spacial score (nSPS) is 10.8. The molecule has 1 heterocycles. The van der Waals surface area contributed by atoms with Gasteiger partial charge in [0.2, 0.25) is 0 Å². The van der Waals surface area contributed by atoms with Crippen molar-refractivity contribution < 1.29 is 23.5 Å². The van der Waals surface area contributed by atoms with Crippen LogP contribution in [0.4, 0.5) is 4.39 Å². The summed E-state index contributed by atoms with van der Waals surface area (Å²) in [6, 6.07) is 9.63. The molecule has 6 nitrogen and oxygen atoms in total. The summed E-state index contributed by atoms with van der Waals surface area (Å²) in [5, 5.41) is 8.79. The third kappa shape index (κ3) is 2.64. The number of hydrogen-bond acceptors (Lipinski definition) is 4. The van der Waals surface area contributed by atoms with E-state index in [1.165, 1.54) is 42.5 Å². The van der Waals surface area contributed by atoms with Crippen LogP contribution >= 0.6 is 0 Å². The zero-order valence-corrected chi connectivity index (χ0v) is 11.7. The lowest BCUT2D eigenvalue weighted by Crippen LogP contribution is -2.19. The number of hydrogen-bond donors (Lipinski definition) is 1. The highest BCUT2D eigenvalue weighted by atomic mass is 19.1. The maximum absolute atomic E-state index is 13.7. The second-order valence-electron chi connectivity index (χ2n) is 4.84. The van der Waals surface area contributed by atoms with Crippen molar-refractivity contribution >= 4 is 22.9 Å². The fourth-order valence-electron chi connectivity index (χ4n) is 2.29. The summed E-state index contributed by atoms with van der Waals surface area (Å²) in [7, 11) is 0. The van der Waals surface area contributed by atoms with Crippen molar-refractivity contribution in [3.8, 4) is 0 Å². The first-order chi connectivity index (χ1) is 11.0. The minimum absolute atomic E-state index is 0.0680. The molecule has 0 saturated carbocycles. The van der Waals surface area contributed by atoms with E-state index in [0.29, 0.717) is 0 Å². The maximum atomic E-state index is 13.7. The van der Waals surface area contributed by atoms with Gasteiger partial charge in [0.25, 0.3) is 0 Å². The number of carboxylic acid groups (broad SMARTS) is 1. The van der Waals surface area contributed by atoms with Crippen LogP contribution in [0.2, 0.25) is 0 Å². The van der Waals surface area contributed by atoms with Crippen LogP contribution < -0.4 is 5.76 Å². The van der Waals surface area contributed by atoms with Gasteiger partial charge in [0.1, 0.15) is 12.4 Å². The van der Waals surface area contributed by atoms with E-state index >= 15 is 0 Å². The van der Waals surface area contributed by atoms with Crippen molar-refractivity contribution in [1.82, 2.24) is 4.57 Å². The predicted molar refractivity (Wildman–Crippen MR) is 77.9 cm³/mol. The van der Waals surface area contributed by atoms with Crippen molar-refractivity contribution in [2.75, 3.05) is 0 Å². The first-order valence-electron chi connectivity index (χ1n) is 6.62. The van der Waals surface area contributed by atoms with Crippen molar-refractivity contribution in [1.29, 1.82) is 0 Å². The molecule has 0 aliphatic heterocycles. The van der Waals surface area contributed by atoms with Gasteiger partial charge < -0.3 is 9.52 Å². The summed E-state index contributed by atoms with van der Waals surface area (Å²) in [6.07, 6.45) is 0. The second-order valence-corrected chi connectivity index (χ2v) is 4.84. The Balaban J connectivity index is 2.08. The molecule has 0 spiro atoms. The summed E-state index contributed by atoms with van der Waals surface area (Å²) in [4.78, 5) is 34.8. The average Bonchev–Trinajstić information content (AvgIpc) is 2.82. The number of ketones is 1. The molecule has 0 atom stereocenters. The molecule has 7 heteroatoms. The van der Waals surface area contributed by atoms with Gasteiger partial charge >= 0.3 is 11.7 Å². The molecular weight excluding hydrogens is 305 g/mol. The highest BCUT2D eigenvalue weighted by Crippen LogP contribution is 2.19. The highest BCUT2D eigenvalue weighted by Gasteiger charge is 2.17. The Labute approximate surface area is 128 Å². The quantitative estimate of drug-likeness (QED) is 0.744. The van der Waals surface area contributed by atoms with Crippen molar-refractivity contribution in [2.24, 2.45) is 0 Å². The Bertz CT molecular complexity index is 986. The smallest absolute Gasteiger partial charge is 0.420 e. The van der Waals surface area contributed by atoms with E-state index in [1.807, 2.05) is 0 Å². The molecule has 1 aromatic heterocycles. The van der Waals surface area contributed by atoms with Gasteiger partial charge in [-0.3, -0.25) is 14.2 Å². The molecule has 3 aromatic rings. The lowest BCUT2D eigenvalue weighted by molar-refractivity contribution is -0.137. The molecule has 116 valence electrons. The summed E-state index contributed by atoms with van der Waals surface area (Å²) in [5.74, 6) is -3.24. The second kappa shape index (κ2) is 5.53. The molecule has 0 fully saturated rings. The monoisotopic (exact) mass is 315 g/mol. The average molecular weight is 315 g/mol. The fraction of sp³-hybridized carbons (Fsp3) is 0.0625. The summed E-state index contributed by atoms with van der Waals surface area (Å²) >= 11 is 0. The number of rotatable bonds is 4. The lowest BCUT2D eigenvalue weighted by atomic mass is 10.0. The van der Waals surface area contributed by atoms with Gasteiger partial charge in [0.05, 0.1) is 11.1 Å². The molecule has 0 aliphatic rings. The van der Waals surface area contributed by atoms with Crippen LogP contribution in [0, 0.1) is 5.82 Å². The van der Waals surface area contributed by atoms with Crippen LogP contribution in [0.3, 0.4) is 0 Å². The summed E-state index contributed by atoms with van der Waals surface area (Å²) < 4.78 is 19.6. The summed E-state index contributed by atoms with van der Waals surface area (Å²) in [5.41, 5.74) is 0.360. The molecule has 0 amide bonds. The van der Waals surface area contributed by atoms with E-state index in [2.05, 4.69) is 0 Å². The predicted octanol–water partition coefficient (Wildman–Crippen LogP) is 2.05. The number of carboxylic acids is 1. The van der Waals surface area contributed by atoms with Crippen molar-refractivity contribution in [3.63, 3.8) is 0 Å². The number of carbonyl (C=O) groups excluding carboxylic acids is 1. The Morgan fingerprint density at radius 3 is 2.61 bits per heavy atom. The van der Waals surface area contributed by atoms with Crippen LogP contribution in [0.15, 0.2) is 51.7 Å². The van der Waals surface area contributed by atoms with Crippen molar-refractivity contribution in [2.45, 2.75) is 6.54 Å². The Morgan fingerprint density at radius 2 is 1.91 bits per heavy atom. The van der Waals surface area contributed by atoms with Crippen LogP contribution in [0.1, 0.15) is 15.9 Å². The van der Waals surface area contributed by atoms with Crippen LogP contribution in [-0.4, -0.2) is 21.4 Å². The first-order valence-corrected chi connectivity index (χ1v) is 6.62. The number of halogens is 1. The topological polar surface area (TPSA) is 89.5 Å². The molecule has 23 heavy (non-hydrogen) atoms. The number of oxazole rings is 1. The van der Waals surface area contributed by atoms with Crippen LogP contribution in [0.5, 0.6) is 0 Å². The van der Waals surface area contributed by atoms with Crippen molar-refractivity contribution in [3.05, 3.63) is 70.0 Å².